The van der Waals surface area contributed by atoms with E-state index in [2.05, 4.69) is 16.7 Å². The number of hydrogen-bond acceptors (Lipinski definition) is 4. The van der Waals surface area contributed by atoms with Crippen molar-refractivity contribution in [2.24, 2.45) is 5.92 Å². The van der Waals surface area contributed by atoms with Crippen LogP contribution in [0.1, 0.15) is 37.8 Å². The summed E-state index contributed by atoms with van der Waals surface area (Å²) in [4.78, 5) is 38.4. The maximum absolute atomic E-state index is 12.8. The quantitative estimate of drug-likeness (QED) is 0.784. The molecule has 1 saturated heterocycles. The van der Waals surface area contributed by atoms with Gasteiger partial charge in [0.2, 0.25) is 5.91 Å². The van der Waals surface area contributed by atoms with Crippen molar-refractivity contribution in [2.75, 3.05) is 6.54 Å². The number of carbonyl (C=O) groups is 3. The largest absolute Gasteiger partial charge is 0.336 e. The van der Waals surface area contributed by atoms with Gasteiger partial charge in [0.15, 0.2) is 0 Å². The number of hydrogen-bond donors (Lipinski definition) is 2. The number of imide groups is 1. The van der Waals surface area contributed by atoms with Crippen LogP contribution in [-0.2, 0) is 15.1 Å². The van der Waals surface area contributed by atoms with Gasteiger partial charge in [0.05, 0.1) is 6.07 Å². The van der Waals surface area contributed by atoms with Crippen LogP contribution in [-0.4, -0.2) is 34.8 Å². The first-order valence-corrected chi connectivity index (χ1v) is 8.63. The maximum atomic E-state index is 12.8. The third-order valence-electron chi connectivity index (χ3n) is 5.23. The molecule has 0 aromatic heterocycles. The summed E-state index contributed by atoms with van der Waals surface area (Å²) in [6, 6.07) is 8.82. The van der Waals surface area contributed by atoms with E-state index in [1.807, 2.05) is 19.1 Å². The van der Waals surface area contributed by atoms with Crippen LogP contribution in [0.5, 0.6) is 0 Å². The summed E-state index contributed by atoms with van der Waals surface area (Å²) < 4.78 is 0. The first-order valence-electron chi connectivity index (χ1n) is 8.63. The lowest BCUT2D eigenvalue weighted by Gasteiger charge is -2.25. The van der Waals surface area contributed by atoms with Crippen molar-refractivity contribution in [1.82, 2.24) is 15.5 Å². The van der Waals surface area contributed by atoms with Gasteiger partial charge in [0, 0.05) is 0 Å². The van der Waals surface area contributed by atoms with Gasteiger partial charge in [0.1, 0.15) is 17.6 Å². The van der Waals surface area contributed by atoms with E-state index < -0.39 is 35.5 Å². The molecule has 7 nitrogen and oxygen atoms in total. The molecule has 7 heteroatoms. The molecular formula is C19H22N4O3. The highest BCUT2D eigenvalue weighted by molar-refractivity contribution is 6.09. The SMILES string of the molecule is Cc1ccc(C2(C)NC(=O)N(CC(=O)NC(C)(C#N)C3CC3)C2=O)cc1. The topological polar surface area (TPSA) is 102 Å². The Hall–Kier alpha value is -2.88. The normalized spacial score (nSPS) is 24.6. The molecular weight excluding hydrogens is 332 g/mol. The number of rotatable bonds is 5. The molecule has 136 valence electrons. The van der Waals surface area contributed by atoms with Crippen molar-refractivity contribution in [3.63, 3.8) is 0 Å². The number of carbonyl (C=O) groups excluding carboxylic acids is 3. The molecule has 1 aromatic rings. The summed E-state index contributed by atoms with van der Waals surface area (Å²) in [5.41, 5.74) is -0.470. The fourth-order valence-corrected chi connectivity index (χ4v) is 3.28. The molecule has 26 heavy (non-hydrogen) atoms. The van der Waals surface area contributed by atoms with Crippen LogP contribution < -0.4 is 10.6 Å². The van der Waals surface area contributed by atoms with E-state index in [1.54, 1.807) is 26.0 Å². The van der Waals surface area contributed by atoms with Crippen LogP contribution in [0, 0.1) is 24.2 Å². The van der Waals surface area contributed by atoms with E-state index in [9.17, 15) is 19.6 Å². The highest BCUT2D eigenvalue weighted by Gasteiger charge is 2.50. The van der Waals surface area contributed by atoms with Crippen molar-refractivity contribution in [3.8, 4) is 6.07 Å². The van der Waals surface area contributed by atoms with Crippen LogP contribution in [0.3, 0.4) is 0 Å². The molecule has 1 aromatic carbocycles. The Labute approximate surface area is 152 Å². The molecule has 0 bridgehead atoms. The molecule has 1 heterocycles. The van der Waals surface area contributed by atoms with Gasteiger partial charge in [-0.3, -0.25) is 14.5 Å². The van der Waals surface area contributed by atoms with Crippen LogP contribution in [0.25, 0.3) is 0 Å². The molecule has 0 radical (unpaired) electrons. The zero-order valence-corrected chi connectivity index (χ0v) is 15.1. The van der Waals surface area contributed by atoms with Crippen molar-refractivity contribution >= 4 is 17.8 Å². The first kappa shape index (κ1) is 17.9. The van der Waals surface area contributed by atoms with E-state index in [1.165, 1.54) is 0 Å². The Balaban J connectivity index is 1.74. The smallest absolute Gasteiger partial charge is 0.325 e. The Morgan fingerprint density at radius 3 is 2.54 bits per heavy atom. The van der Waals surface area contributed by atoms with Crippen LogP contribution in [0.15, 0.2) is 24.3 Å². The van der Waals surface area contributed by atoms with Gasteiger partial charge in [-0.1, -0.05) is 29.8 Å². The number of nitriles is 1. The minimum atomic E-state index is -1.21. The van der Waals surface area contributed by atoms with Gasteiger partial charge in [-0.15, -0.1) is 0 Å². The standard InChI is InChI=1S/C19H22N4O3/c1-12-4-6-14(7-5-12)19(3)16(25)23(17(26)22-19)10-15(24)21-18(2,11-20)13-8-9-13/h4-7,13H,8-10H2,1-3H3,(H,21,24)(H,22,26). The van der Waals surface area contributed by atoms with Gasteiger partial charge in [-0.05, 0) is 45.1 Å². The Morgan fingerprint density at radius 2 is 2.00 bits per heavy atom. The zero-order valence-electron chi connectivity index (χ0n) is 15.1. The number of nitrogens with one attached hydrogen (secondary N) is 2. The first-order chi connectivity index (χ1) is 12.2. The van der Waals surface area contributed by atoms with Gasteiger partial charge in [-0.25, -0.2) is 4.79 Å². The minimum Gasteiger partial charge on any atom is -0.336 e. The molecule has 4 amide bonds. The fourth-order valence-electron chi connectivity index (χ4n) is 3.28. The predicted molar refractivity (Wildman–Crippen MR) is 93.7 cm³/mol. The van der Waals surface area contributed by atoms with E-state index in [0.717, 1.165) is 23.3 Å². The third-order valence-corrected chi connectivity index (χ3v) is 5.23. The van der Waals surface area contributed by atoms with E-state index in [0.29, 0.717) is 5.56 Å². The van der Waals surface area contributed by atoms with Crippen molar-refractivity contribution < 1.29 is 14.4 Å². The lowest BCUT2D eigenvalue weighted by atomic mass is 9.91. The summed E-state index contributed by atoms with van der Waals surface area (Å²) in [5, 5.41) is 14.7. The van der Waals surface area contributed by atoms with Crippen LogP contribution >= 0.6 is 0 Å². The molecule has 1 saturated carbocycles. The van der Waals surface area contributed by atoms with Crippen molar-refractivity contribution in [1.29, 1.82) is 5.26 Å². The molecule has 2 atom stereocenters. The average Bonchev–Trinajstić information content (AvgIpc) is 3.42. The molecule has 2 aliphatic rings. The fraction of sp³-hybridized carbons (Fsp3) is 0.474. The summed E-state index contributed by atoms with van der Waals surface area (Å²) >= 11 is 0. The Kier molecular flexibility index (Phi) is 4.23. The monoisotopic (exact) mass is 354 g/mol. The number of urea groups is 1. The van der Waals surface area contributed by atoms with Crippen molar-refractivity contribution in [3.05, 3.63) is 35.4 Å². The third kappa shape index (κ3) is 3.03. The number of nitrogens with zero attached hydrogens (tertiary/aromatic N) is 2. The maximum Gasteiger partial charge on any atom is 0.325 e. The van der Waals surface area contributed by atoms with Gasteiger partial charge in [-0.2, -0.15) is 5.26 Å². The molecule has 1 aliphatic heterocycles. The van der Waals surface area contributed by atoms with E-state index >= 15 is 0 Å². The molecule has 3 rings (SSSR count). The number of aryl methyl sites for hydroxylation is 1. The average molecular weight is 354 g/mol. The molecule has 2 fully saturated rings. The summed E-state index contributed by atoms with van der Waals surface area (Å²) in [6.45, 7) is 4.82. The predicted octanol–water partition coefficient (Wildman–Crippen LogP) is 1.57. The second-order valence-corrected chi connectivity index (χ2v) is 7.45. The minimum absolute atomic E-state index is 0.123. The number of benzene rings is 1. The van der Waals surface area contributed by atoms with Crippen LogP contribution in [0.4, 0.5) is 4.79 Å². The number of amides is 4. The summed E-state index contributed by atoms with van der Waals surface area (Å²) in [7, 11) is 0. The van der Waals surface area contributed by atoms with Gasteiger partial charge in [0.25, 0.3) is 5.91 Å². The molecule has 2 unspecified atom stereocenters. The lowest BCUT2D eigenvalue weighted by molar-refractivity contribution is -0.135. The van der Waals surface area contributed by atoms with Gasteiger partial charge >= 0.3 is 6.03 Å². The van der Waals surface area contributed by atoms with E-state index in [-0.39, 0.29) is 5.92 Å². The Bertz CT molecular complexity index is 809. The van der Waals surface area contributed by atoms with Gasteiger partial charge < -0.3 is 10.6 Å². The van der Waals surface area contributed by atoms with Crippen LogP contribution in [0.2, 0.25) is 0 Å². The highest BCUT2D eigenvalue weighted by atomic mass is 16.2. The molecule has 0 spiro atoms. The Morgan fingerprint density at radius 1 is 1.38 bits per heavy atom. The van der Waals surface area contributed by atoms with Crippen molar-refractivity contribution in [2.45, 2.75) is 44.7 Å². The highest BCUT2D eigenvalue weighted by Crippen LogP contribution is 2.39. The van der Waals surface area contributed by atoms with E-state index in [4.69, 9.17) is 0 Å². The summed E-state index contributed by atoms with van der Waals surface area (Å²) in [6.07, 6.45) is 1.78. The summed E-state index contributed by atoms with van der Waals surface area (Å²) in [5.74, 6) is -0.874. The molecule has 1 aliphatic carbocycles. The second-order valence-electron chi connectivity index (χ2n) is 7.45. The molecule has 2 N–H and O–H groups in total. The second kappa shape index (κ2) is 6.13. The zero-order chi connectivity index (χ0) is 19.1. The lowest BCUT2D eigenvalue weighted by Crippen LogP contribution is -2.51.